The van der Waals surface area contributed by atoms with Crippen LogP contribution in [-0.4, -0.2) is 9.91 Å². The third-order valence-corrected chi connectivity index (χ3v) is 0.843. The first-order chi connectivity index (χ1) is 4.70. The molecule has 0 bridgehead atoms. The van der Waals surface area contributed by atoms with Gasteiger partial charge >= 0.3 is 0 Å². The molecule has 0 aliphatic heterocycles. The average molecular weight is 243 g/mol. The predicted octanol–water partition coefficient (Wildman–Crippen LogP) is 1.35. The molecule has 0 unspecified atom stereocenters. The maximum Gasteiger partial charge on any atom is 0.253 e. The minimum absolute atomic E-state index is 0. The molecule has 0 radical (unpaired) electrons. The summed E-state index contributed by atoms with van der Waals surface area (Å²) in [6, 6.07) is 1.91. The molecular formula is C5H3ClFN2O2Zn-. The van der Waals surface area contributed by atoms with Crippen molar-refractivity contribution in [1.29, 1.82) is 0 Å². The minimum Gasteiger partial charge on any atom is -0.370 e. The summed E-state index contributed by atoms with van der Waals surface area (Å²) in [5.41, 5.74) is 0. The summed E-state index contributed by atoms with van der Waals surface area (Å²) in [6.07, 6.45) is 1.82. The molecule has 0 N–H and O–H groups in total. The van der Waals surface area contributed by atoms with Gasteiger partial charge in [0, 0.05) is 19.5 Å². The second kappa shape index (κ2) is 5.97. The molecule has 0 aromatic carbocycles. The van der Waals surface area contributed by atoms with E-state index in [1.165, 1.54) is 0 Å². The number of pyridine rings is 1. The quantitative estimate of drug-likeness (QED) is 0.323. The van der Waals surface area contributed by atoms with Crippen LogP contribution < -0.4 is 0 Å². The molecule has 62 valence electrons. The van der Waals surface area contributed by atoms with E-state index in [4.69, 9.17) is 0 Å². The molecule has 0 atom stereocenters. The maximum atomic E-state index is 12.0. The number of hydrogen-bond donors (Lipinski definition) is 0. The van der Waals surface area contributed by atoms with E-state index in [0.717, 1.165) is 12.1 Å². The van der Waals surface area contributed by atoms with Gasteiger partial charge in [0.2, 0.25) is 0 Å². The van der Waals surface area contributed by atoms with Gasteiger partial charge < -0.3 is 10.1 Å². The van der Waals surface area contributed by atoms with E-state index in [1.54, 1.807) is 0 Å². The molecule has 4 nitrogen and oxygen atoms in total. The largest absolute Gasteiger partial charge is 0.370 e. The van der Waals surface area contributed by atoms with Crippen LogP contribution in [0.25, 0.3) is 0 Å². The van der Waals surface area contributed by atoms with E-state index in [2.05, 4.69) is 4.98 Å². The minimum atomic E-state index is -0.712. The van der Waals surface area contributed by atoms with Gasteiger partial charge in [-0.05, 0) is 0 Å². The number of hydrogen-bond acceptors (Lipinski definition) is 3. The molecule has 0 saturated carbocycles. The van der Waals surface area contributed by atoms with Crippen LogP contribution in [0.4, 0.5) is 10.2 Å². The number of nitro groups is 1. The van der Waals surface area contributed by atoms with Gasteiger partial charge in [0.05, 0.1) is 12.0 Å². The number of rotatable bonds is 1. The summed E-state index contributed by atoms with van der Waals surface area (Å²) < 4.78 is 12.0. The van der Waals surface area contributed by atoms with Crippen LogP contribution in [0.2, 0.25) is 0 Å². The standard InChI is InChI=1S/C5H2FN2O2.ClH.Zn/c6-4-1-2-5(7-3-4)8(9)10;;/h1-2H;1H;/q-1;;. The summed E-state index contributed by atoms with van der Waals surface area (Å²) >= 11 is 0. The first-order valence-electron chi connectivity index (χ1n) is 2.39. The van der Waals surface area contributed by atoms with E-state index in [-0.39, 0.29) is 31.9 Å². The van der Waals surface area contributed by atoms with Crippen LogP contribution in [0.1, 0.15) is 0 Å². The van der Waals surface area contributed by atoms with Crippen molar-refractivity contribution in [3.8, 4) is 0 Å². The molecule has 1 rings (SSSR count). The van der Waals surface area contributed by atoms with Crippen LogP contribution in [0.3, 0.4) is 0 Å². The fraction of sp³-hybridized carbons (Fsp3) is 0. The van der Waals surface area contributed by atoms with Crippen molar-refractivity contribution in [2.24, 2.45) is 0 Å². The van der Waals surface area contributed by atoms with Crippen molar-refractivity contribution in [2.75, 3.05) is 0 Å². The van der Waals surface area contributed by atoms with E-state index >= 15 is 0 Å². The van der Waals surface area contributed by atoms with Gasteiger partial charge in [-0.15, -0.1) is 18.5 Å². The van der Waals surface area contributed by atoms with E-state index in [1.807, 2.05) is 6.20 Å². The number of halogens is 2. The molecular weight excluding hydrogens is 240 g/mol. The first-order valence-corrected chi connectivity index (χ1v) is 2.39. The predicted molar refractivity (Wildman–Crippen MR) is 36.9 cm³/mol. The van der Waals surface area contributed by atoms with Gasteiger partial charge in [0.1, 0.15) is 0 Å². The smallest absolute Gasteiger partial charge is 0.253 e. The molecule has 12 heavy (non-hydrogen) atoms. The third kappa shape index (κ3) is 3.69. The van der Waals surface area contributed by atoms with Crippen LogP contribution in [0.5, 0.6) is 0 Å². The van der Waals surface area contributed by atoms with E-state index in [0.29, 0.717) is 0 Å². The average Bonchev–Trinajstić information content (AvgIpc) is 1.88. The Labute approximate surface area is 86.5 Å². The topological polar surface area (TPSA) is 56.0 Å². The van der Waals surface area contributed by atoms with Crippen molar-refractivity contribution in [2.45, 2.75) is 0 Å². The monoisotopic (exact) mass is 241 g/mol. The van der Waals surface area contributed by atoms with Crippen LogP contribution in [0, 0.1) is 22.1 Å². The van der Waals surface area contributed by atoms with E-state index < -0.39 is 16.6 Å². The van der Waals surface area contributed by atoms with Crippen molar-refractivity contribution < 1.29 is 28.8 Å². The van der Waals surface area contributed by atoms with Gasteiger partial charge in [-0.1, -0.05) is 11.0 Å². The van der Waals surface area contributed by atoms with Gasteiger partial charge in [-0.3, -0.25) is 0 Å². The van der Waals surface area contributed by atoms with E-state index in [9.17, 15) is 14.5 Å². The van der Waals surface area contributed by atoms with Crippen molar-refractivity contribution in [3.05, 3.63) is 34.3 Å². The molecule has 0 spiro atoms. The summed E-state index contributed by atoms with van der Waals surface area (Å²) in [7, 11) is 0. The number of nitrogens with zero attached hydrogens (tertiary/aromatic N) is 2. The Kier molecular flexibility index (Phi) is 6.94. The molecule has 7 heteroatoms. The number of aromatic nitrogens is 1. The zero-order chi connectivity index (χ0) is 7.56. The normalized spacial score (nSPS) is 7.75. The van der Waals surface area contributed by atoms with Gasteiger partial charge in [-0.2, -0.15) is 4.98 Å². The molecule has 0 aliphatic rings. The van der Waals surface area contributed by atoms with Gasteiger partial charge in [0.15, 0.2) is 0 Å². The van der Waals surface area contributed by atoms with Crippen molar-refractivity contribution >= 4 is 18.2 Å². The zero-order valence-electron chi connectivity index (χ0n) is 5.86. The SMILES string of the molecule is Cl.O=[N+]([O-])c1ccc(F)[c-]n1.[Zn]. The summed E-state index contributed by atoms with van der Waals surface area (Å²) in [4.78, 5) is 12.3. The Balaban J connectivity index is 0. The molecule has 0 amide bonds. The van der Waals surface area contributed by atoms with Crippen molar-refractivity contribution in [3.63, 3.8) is 0 Å². The van der Waals surface area contributed by atoms with Crippen LogP contribution in [-0.2, 0) is 19.5 Å². The fourth-order valence-electron chi connectivity index (χ4n) is 0.435. The molecule has 1 heterocycles. The molecule has 1 aromatic rings. The Morgan fingerprint density at radius 1 is 1.58 bits per heavy atom. The third-order valence-electron chi connectivity index (χ3n) is 0.843. The second-order valence-corrected chi connectivity index (χ2v) is 1.52. The first kappa shape index (κ1) is 13.9. The van der Waals surface area contributed by atoms with Crippen LogP contribution >= 0.6 is 12.4 Å². The summed E-state index contributed by atoms with van der Waals surface area (Å²) in [5.74, 6) is -1.10. The fourth-order valence-corrected chi connectivity index (χ4v) is 0.435. The van der Waals surface area contributed by atoms with Crippen molar-refractivity contribution in [1.82, 2.24) is 4.98 Å². The molecule has 0 saturated heterocycles. The van der Waals surface area contributed by atoms with Gasteiger partial charge in [0.25, 0.3) is 5.82 Å². The van der Waals surface area contributed by atoms with Gasteiger partial charge in [-0.25, -0.2) is 4.39 Å². The summed E-state index contributed by atoms with van der Waals surface area (Å²) in [5, 5.41) is 9.91. The Hall–Kier alpha value is -0.607. The van der Waals surface area contributed by atoms with Crippen LogP contribution in [0.15, 0.2) is 12.1 Å². The molecule has 1 aromatic heterocycles. The molecule has 0 aliphatic carbocycles. The second-order valence-electron chi connectivity index (χ2n) is 1.52. The summed E-state index contributed by atoms with van der Waals surface area (Å²) in [6.45, 7) is 0. The Morgan fingerprint density at radius 3 is 2.50 bits per heavy atom. The zero-order valence-corrected chi connectivity index (χ0v) is 9.64. The maximum absolute atomic E-state index is 12.0. The molecule has 0 fully saturated rings. The Bertz CT molecular complexity index is 256. The Morgan fingerprint density at radius 2 is 2.17 bits per heavy atom.